The predicted octanol–water partition coefficient (Wildman–Crippen LogP) is 3.95. The van der Waals surface area contributed by atoms with E-state index in [1.54, 1.807) is 12.1 Å². The molecule has 2 aromatic carbocycles. The van der Waals surface area contributed by atoms with Gasteiger partial charge < -0.3 is 5.32 Å². The second kappa shape index (κ2) is 7.85. The van der Waals surface area contributed by atoms with Gasteiger partial charge in [0.1, 0.15) is 0 Å². The summed E-state index contributed by atoms with van der Waals surface area (Å²) < 4.78 is 27.6. The van der Waals surface area contributed by atoms with Crippen molar-refractivity contribution in [1.82, 2.24) is 9.29 Å². The number of piperidine rings is 1. The van der Waals surface area contributed by atoms with Crippen LogP contribution in [0.5, 0.6) is 0 Å². The van der Waals surface area contributed by atoms with Crippen molar-refractivity contribution < 1.29 is 13.2 Å². The molecule has 29 heavy (non-hydrogen) atoms. The van der Waals surface area contributed by atoms with Crippen molar-refractivity contribution in [2.24, 2.45) is 5.92 Å². The van der Waals surface area contributed by atoms with E-state index in [1.807, 2.05) is 44.2 Å². The van der Waals surface area contributed by atoms with Crippen LogP contribution in [0.15, 0.2) is 47.4 Å². The van der Waals surface area contributed by atoms with E-state index in [9.17, 15) is 13.2 Å². The molecule has 0 saturated carbocycles. The summed E-state index contributed by atoms with van der Waals surface area (Å²) in [5, 5.41) is 5.40. The summed E-state index contributed by atoms with van der Waals surface area (Å²) in [5.74, 6) is -0.288. The van der Waals surface area contributed by atoms with Crippen molar-refractivity contribution in [1.29, 1.82) is 0 Å². The second-order valence-electron chi connectivity index (χ2n) is 7.34. The Labute approximate surface area is 174 Å². The molecule has 4 rings (SSSR count). The molecule has 6 nitrogen and oxygen atoms in total. The Hall–Kier alpha value is -2.29. The number of hydrogen-bond acceptors (Lipinski definition) is 5. The number of fused-ring (bicyclic) bond motifs is 1. The monoisotopic (exact) mass is 429 g/mol. The number of benzene rings is 2. The Kier molecular flexibility index (Phi) is 5.42. The Morgan fingerprint density at radius 1 is 1.10 bits per heavy atom. The lowest BCUT2D eigenvalue weighted by atomic mass is 9.97. The fraction of sp³-hybridized carbons (Fsp3) is 0.333. The zero-order valence-electron chi connectivity index (χ0n) is 16.4. The highest BCUT2D eigenvalue weighted by atomic mass is 32.2. The summed E-state index contributed by atoms with van der Waals surface area (Å²) in [6.45, 7) is 4.56. The SMILES string of the molecule is Cc1nc(NC(=O)C2CCN(S(=O)(=O)c3ccc4ccccc4c3)CC2)sc1C. The Morgan fingerprint density at radius 2 is 1.79 bits per heavy atom. The summed E-state index contributed by atoms with van der Waals surface area (Å²) in [6.07, 6.45) is 1.00. The first-order valence-electron chi connectivity index (χ1n) is 9.58. The molecule has 8 heteroatoms. The number of nitrogens with one attached hydrogen (secondary N) is 1. The van der Waals surface area contributed by atoms with Gasteiger partial charge in [0, 0.05) is 23.9 Å². The molecule has 0 radical (unpaired) electrons. The van der Waals surface area contributed by atoms with Gasteiger partial charge in [-0.05, 0) is 49.6 Å². The van der Waals surface area contributed by atoms with E-state index < -0.39 is 10.0 Å². The average Bonchev–Trinajstić information content (AvgIpc) is 3.04. The maximum Gasteiger partial charge on any atom is 0.243 e. The summed E-state index contributed by atoms with van der Waals surface area (Å²) in [6, 6.07) is 12.9. The van der Waals surface area contributed by atoms with E-state index >= 15 is 0 Å². The maximum atomic E-state index is 13.1. The second-order valence-corrected chi connectivity index (χ2v) is 10.5. The van der Waals surface area contributed by atoms with Gasteiger partial charge in [0.25, 0.3) is 0 Å². The van der Waals surface area contributed by atoms with Crippen LogP contribution in [0.25, 0.3) is 10.8 Å². The van der Waals surface area contributed by atoms with Gasteiger partial charge in [0.05, 0.1) is 10.6 Å². The minimum absolute atomic E-state index is 0.0819. The first kappa shape index (κ1) is 20.0. The molecule has 0 spiro atoms. The van der Waals surface area contributed by atoms with Crippen LogP contribution < -0.4 is 5.32 Å². The molecule has 1 fully saturated rings. The molecular weight excluding hydrogens is 406 g/mol. The molecule has 1 saturated heterocycles. The fourth-order valence-electron chi connectivity index (χ4n) is 3.57. The quantitative estimate of drug-likeness (QED) is 0.681. The first-order chi connectivity index (χ1) is 13.8. The molecule has 1 aliphatic rings. The molecule has 1 aromatic heterocycles. The highest BCUT2D eigenvalue weighted by molar-refractivity contribution is 7.89. The molecule has 1 aliphatic heterocycles. The third-order valence-electron chi connectivity index (χ3n) is 5.44. The molecule has 1 N–H and O–H groups in total. The third kappa shape index (κ3) is 4.05. The van der Waals surface area contributed by atoms with Gasteiger partial charge >= 0.3 is 0 Å². The first-order valence-corrected chi connectivity index (χ1v) is 11.8. The number of carbonyl (C=O) groups excluding carboxylic acids is 1. The molecule has 3 aromatic rings. The fourth-order valence-corrected chi connectivity index (χ4v) is 5.89. The lowest BCUT2D eigenvalue weighted by molar-refractivity contribution is -0.120. The number of anilines is 1. The average molecular weight is 430 g/mol. The van der Waals surface area contributed by atoms with E-state index in [1.165, 1.54) is 15.6 Å². The normalized spacial score (nSPS) is 16.2. The zero-order valence-corrected chi connectivity index (χ0v) is 18.0. The molecule has 0 aliphatic carbocycles. The minimum atomic E-state index is -3.57. The van der Waals surface area contributed by atoms with E-state index in [2.05, 4.69) is 10.3 Å². The van der Waals surface area contributed by atoms with Crippen LogP contribution in [0, 0.1) is 19.8 Å². The van der Waals surface area contributed by atoms with E-state index in [0.29, 0.717) is 36.0 Å². The Morgan fingerprint density at radius 3 is 2.45 bits per heavy atom. The summed E-state index contributed by atoms with van der Waals surface area (Å²) in [5.41, 5.74) is 0.918. The van der Waals surface area contributed by atoms with Gasteiger partial charge in [-0.1, -0.05) is 30.3 Å². The van der Waals surface area contributed by atoms with Crippen molar-refractivity contribution in [3.05, 3.63) is 53.0 Å². The van der Waals surface area contributed by atoms with Crippen molar-refractivity contribution in [2.45, 2.75) is 31.6 Å². The van der Waals surface area contributed by atoms with Crippen LogP contribution in [0.1, 0.15) is 23.4 Å². The van der Waals surface area contributed by atoms with Crippen molar-refractivity contribution in [2.75, 3.05) is 18.4 Å². The number of nitrogens with zero attached hydrogens (tertiary/aromatic N) is 2. The molecule has 0 bridgehead atoms. The summed E-state index contributed by atoms with van der Waals surface area (Å²) in [7, 11) is -3.57. The summed E-state index contributed by atoms with van der Waals surface area (Å²) in [4.78, 5) is 18.3. The molecule has 0 unspecified atom stereocenters. The molecular formula is C21H23N3O3S2. The topological polar surface area (TPSA) is 79.4 Å². The number of aromatic nitrogens is 1. The largest absolute Gasteiger partial charge is 0.302 e. The number of hydrogen-bond donors (Lipinski definition) is 1. The standard InChI is InChI=1S/C21H23N3O3S2/c1-14-15(2)28-21(22-14)23-20(25)17-9-11-24(12-10-17)29(26,27)19-8-7-16-5-3-4-6-18(16)13-19/h3-8,13,17H,9-12H2,1-2H3,(H,22,23,25). The van der Waals surface area contributed by atoms with Crippen LogP contribution in [0.2, 0.25) is 0 Å². The lowest BCUT2D eigenvalue weighted by Gasteiger charge is -2.30. The van der Waals surface area contributed by atoms with E-state index in [-0.39, 0.29) is 11.8 Å². The molecule has 2 heterocycles. The number of rotatable bonds is 4. The summed E-state index contributed by atoms with van der Waals surface area (Å²) >= 11 is 1.46. The predicted molar refractivity (Wildman–Crippen MR) is 116 cm³/mol. The van der Waals surface area contributed by atoms with Crippen LogP contribution >= 0.6 is 11.3 Å². The highest BCUT2D eigenvalue weighted by Gasteiger charge is 2.32. The Balaban J connectivity index is 1.43. The van der Waals surface area contributed by atoms with Gasteiger partial charge in [0.15, 0.2) is 5.13 Å². The van der Waals surface area contributed by atoms with E-state index in [0.717, 1.165) is 21.3 Å². The van der Waals surface area contributed by atoms with Crippen molar-refractivity contribution in [3.8, 4) is 0 Å². The third-order valence-corrected chi connectivity index (χ3v) is 8.33. The highest BCUT2D eigenvalue weighted by Crippen LogP contribution is 2.28. The van der Waals surface area contributed by atoms with Gasteiger partial charge in [-0.15, -0.1) is 11.3 Å². The van der Waals surface area contributed by atoms with Crippen molar-refractivity contribution >= 4 is 43.2 Å². The number of aryl methyl sites for hydroxylation is 2. The number of carbonyl (C=O) groups is 1. The zero-order chi connectivity index (χ0) is 20.6. The minimum Gasteiger partial charge on any atom is -0.302 e. The number of thiazole rings is 1. The van der Waals surface area contributed by atoms with Gasteiger partial charge in [0.2, 0.25) is 15.9 Å². The smallest absolute Gasteiger partial charge is 0.243 e. The number of sulfonamides is 1. The van der Waals surface area contributed by atoms with Crippen LogP contribution in [0.3, 0.4) is 0 Å². The van der Waals surface area contributed by atoms with Crippen LogP contribution in [-0.4, -0.2) is 36.7 Å². The maximum absolute atomic E-state index is 13.1. The number of amides is 1. The van der Waals surface area contributed by atoms with E-state index in [4.69, 9.17) is 0 Å². The lowest BCUT2D eigenvalue weighted by Crippen LogP contribution is -2.41. The van der Waals surface area contributed by atoms with Gasteiger partial charge in [-0.25, -0.2) is 13.4 Å². The van der Waals surface area contributed by atoms with Gasteiger partial charge in [-0.3, -0.25) is 4.79 Å². The Bertz CT molecular complexity index is 1140. The molecule has 152 valence electrons. The van der Waals surface area contributed by atoms with Crippen molar-refractivity contribution in [3.63, 3.8) is 0 Å². The molecule has 0 atom stereocenters. The molecule has 1 amide bonds. The van der Waals surface area contributed by atoms with Gasteiger partial charge in [-0.2, -0.15) is 4.31 Å². The van der Waals surface area contributed by atoms with Crippen LogP contribution in [-0.2, 0) is 14.8 Å². The van der Waals surface area contributed by atoms with Crippen LogP contribution in [0.4, 0.5) is 5.13 Å².